The van der Waals surface area contributed by atoms with E-state index in [4.69, 9.17) is 4.74 Å². The van der Waals surface area contributed by atoms with Crippen molar-refractivity contribution in [3.8, 4) is 5.13 Å². The van der Waals surface area contributed by atoms with Gasteiger partial charge < -0.3 is 14.7 Å². The molecule has 3 heterocycles. The molecule has 8 heteroatoms. The Bertz CT molecular complexity index is 1330. The molecule has 4 aromatic rings. The lowest BCUT2D eigenvalue weighted by molar-refractivity contribution is 0.0303. The van der Waals surface area contributed by atoms with Gasteiger partial charge in [0.05, 0.1) is 18.7 Å². The molecular weight excluding hydrogens is 438 g/mol. The van der Waals surface area contributed by atoms with E-state index in [1.54, 1.807) is 4.90 Å². The SMILES string of the molecule is Cc1ccc(Cc2cn(-c3nc(C(=O)O)cs3)c3cc(C(=O)N4CCOCC4)ccc23)cc1. The standard InChI is InChI=1S/C25H23N3O4S/c1-16-2-4-17(5-3-16)12-19-14-28(25-26-21(15-33-25)24(30)31)22-13-18(6-7-20(19)22)23(29)27-8-10-32-11-9-27/h2-7,13-15H,8-12H2,1H3,(H,30,31). The van der Waals surface area contributed by atoms with Gasteiger partial charge in [0, 0.05) is 35.6 Å². The summed E-state index contributed by atoms with van der Waals surface area (Å²) in [4.78, 5) is 30.6. The number of aromatic nitrogens is 2. The molecule has 1 fully saturated rings. The quantitative estimate of drug-likeness (QED) is 0.483. The maximum Gasteiger partial charge on any atom is 0.355 e. The zero-order valence-electron chi connectivity index (χ0n) is 18.2. The fourth-order valence-corrected chi connectivity index (χ4v) is 4.86. The van der Waals surface area contributed by atoms with Crippen LogP contribution < -0.4 is 0 Å². The maximum atomic E-state index is 13.1. The first kappa shape index (κ1) is 21.4. The largest absolute Gasteiger partial charge is 0.476 e. The molecule has 0 bridgehead atoms. The van der Waals surface area contributed by atoms with Crippen molar-refractivity contribution in [3.05, 3.63) is 82.0 Å². The van der Waals surface area contributed by atoms with Gasteiger partial charge in [-0.2, -0.15) is 0 Å². The van der Waals surface area contributed by atoms with E-state index in [-0.39, 0.29) is 11.6 Å². The summed E-state index contributed by atoms with van der Waals surface area (Å²) in [5.74, 6) is -1.09. The first-order valence-electron chi connectivity index (χ1n) is 10.8. The number of carboxylic acids is 1. The Morgan fingerprint density at radius 3 is 2.58 bits per heavy atom. The number of benzene rings is 2. The summed E-state index contributed by atoms with van der Waals surface area (Å²) in [5.41, 5.74) is 4.92. The summed E-state index contributed by atoms with van der Waals surface area (Å²) in [6.07, 6.45) is 2.72. The van der Waals surface area contributed by atoms with Crippen LogP contribution in [0.3, 0.4) is 0 Å². The number of fused-ring (bicyclic) bond motifs is 1. The molecule has 1 saturated heterocycles. The molecule has 0 unspecified atom stereocenters. The van der Waals surface area contributed by atoms with Crippen LogP contribution in [0.15, 0.2) is 54.0 Å². The summed E-state index contributed by atoms with van der Waals surface area (Å²) < 4.78 is 7.26. The number of nitrogens with zero attached hydrogens (tertiary/aromatic N) is 3. The van der Waals surface area contributed by atoms with Crippen LogP contribution >= 0.6 is 11.3 Å². The number of rotatable bonds is 5. The second-order valence-corrected chi connectivity index (χ2v) is 8.98. The highest BCUT2D eigenvalue weighted by molar-refractivity contribution is 7.12. The molecule has 7 nitrogen and oxygen atoms in total. The molecule has 5 rings (SSSR count). The average Bonchev–Trinajstić information content (AvgIpc) is 3.46. The van der Waals surface area contributed by atoms with Crippen LogP contribution in [0.5, 0.6) is 0 Å². The zero-order valence-corrected chi connectivity index (χ0v) is 19.0. The third kappa shape index (κ3) is 4.27. The predicted octanol–water partition coefficient (Wildman–Crippen LogP) is 4.16. The van der Waals surface area contributed by atoms with Gasteiger partial charge in [-0.3, -0.25) is 9.36 Å². The van der Waals surface area contributed by atoms with Gasteiger partial charge in [-0.15, -0.1) is 11.3 Å². The lowest BCUT2D eigenvalue weighted by atomic mass is 10.0. The molecule has 168 valence electrons. The molecule has 0 saturated carbocycles. The van der Waals surface area contributed by atoms with Gasteiger partial charge in [0.1, 0.15) is 0 Å². The zero-order chi connectivity index (χ0) is 22.9. The highest BCUT2D eigenvalue weighted by atomic mass is 32.1. The second kappa shape index (κ2) is 8.80. The minimum atomic E-state index is -1.06. The Morgan fingerprint density at radius 2 is 1.88 bits per heavy atom. The first-order chi connectivity index (χ1) is 16.0. The molecule has 0 radical (unpaired) electrons. The number of carbonyl (C=O) groups excluding carboxylic acids is 1. The van der Waals surface area contributed by atoms with E-state index in [0.29, 0.717) is 37.0 Å². The number of amides is 1. The van der Waals surface area contributed by atoms with Crippen LogP contribution in [0.4, 0.5) is 0 Å². The van der Waals surface area contributed by atoms with E-state index in [2.05, 4.69) is 36.2 Å². The number of aromatic carboxylic acids is 1. The molecule has 0 aliphatic carbocycles. The lowest BCUT2D eigenvalue weighted by Gasteiger charge is -2.26. The molecule has 1 aliphatic rings. The lowest BCUT2D eigenvalue weighted by Crippen LogP contribution is -2.40. The average molecular weight is 462 g/mol. The molecular formula is C25H23N3O4S. The van der Waals surface area contributed by atoms with Crippen LogP contribution in [-0.2, 0) is 11.2 Å². The number of carboxylic acid groups (broad SMARTS) is 1. The highest BCUT2D eigenvalue weighted by Crippen LogP contribution is 2.30. The smallest absolute Gasteiger partial charge is 0.355 e. The van der Waals surface area contributed by atoms with Gasteiger partial charge in [0.15, 0.2) is 10.8 Å². The maximum absolute atomic E-state index is 13.1. The molecule has 33 heavy (non-hydrogen) atoms. The van der Waals surface area contributed by atoms with Crippen LogP contribution in [-0.4, -0.2) is 57.7 Å². The minimum absolute atomic E-state index is 0.0116. The molecule has 2 aromatic carbocycles. The van der Waals surface area contributed by atoms with E-state index in [9.17, 15) is 14.7 Å². The predicted molar refractivity (Wildman–Crippen MR) is 127 cm³/mol. The number of thiazole rings is 1. The molecule has 1 amide bonds. The molecule has 0 atom stereocenters. The van der Waals surface area contributed by atoms with Crippen LogP contribution in [0.25, 0.3) is 16.0 Å². The van der Waals surface area contributed by atoms with Crippen molar-refractivity contribution in [2.45, 2.75) is 13.3 Å². The van der Waals surface area contributed by atoms with Crippen molar-refractivity contribution >= 4 is 34.1 Å². The Morgan fingerprint density at radius 1 is 1.12 bits per heavy atom. The first-order valence-corrected chi connectivity index (χ1v) is 11.6. The summed E-state index contributed by atoms with van der Waals surface area (Å²) in [6.45, 7) is 4.30. The molecule has 1 aliphatic heterocycles. The van der Waals surface area contributed by atoms with E-state index in [1.165, 1.54) is 27.8 Å². The third-order valence-electron chi connectivity index (χ3n) is 5.87. The van der Waals surface area contributed by atoms with Crippen molar-refractivity contribution in [3.63, 3.8) is 0 Å². The number of hydrogen-bond donors (Lipinski definition) is 1. The molecule has 2 aromatic heterocycles. The Labute approximate surface area is 194 Å². The van der Waals surface area contributed by atoms with E-state index in [1.807, 2.05) is 29.0 Å². The van der Waals surface area contributed by atoms with Crippen molar-refractivity contribution in [1.82, 2.24) is 14.5 Å². The molecule has 1 N–H and O–H groups in total. The Balaban J connectivity index is 1.59. The minimum Gasteiger partial charge on any atom is -0.476 e. The van der Waals surface area contributed by atoms with Gasteiger partial charge in [0.2, 0.25) is 0 Å². The van der Waals surface area contributed by atoms with Gasteiger partial charge in [0.25, 0.3) is 5.91 Å². The second-order valence-electron chi connectivity index (χ2n) is 8.14. The monoisotopic (exact) mass is 461 g/mol. The normalized spacial score (nSPS) is 14.0. The fourth-order valence-electron chi connectivity index (χ4n) is 4.08. The summed E-state index contributed by atoms with van der Waals surface area (Å²) >= 11 is 1.27. The number of carbonyl (C=O) groups is 2. The fraction of sp³-hybridized carbons (Fsp3) is 0.240. The van der Waals surface area contributed by atoms with Crippen LogP contribution in [0, 0.1) is 6.92 Å². The van der Waals surface area contributed by atoms with Gasteiger partial charge in [-0.25, -0.2) is 9.78 Å². The Kier molecular flexibility index (Phi) is 5.70. The van der Waals surface area contributed by atoms with Crippen molar-refractivity contribution in [2.24, 2.45) is 0 Å². The summed E-state index contributed by atoms with van der Waals surface area (Å²) in [6, 6.07) is 14.1. The number of aryl methyl sites for hydroxylation is 1. The topological polar surface area (TPSA) is 84.7 Å². The van der Waals surface area contributed by atoms with E-state index >= 15 is 0 Å². The van der Waals surface area contributed by atoms with Crippen molar-refractivity contribution in [1.29, 1.82) is 0 Å². The summed E-state index contributed by atoms with van der Waals surface area (Å²) in [7, 11) is 0. The Hall–Kier alpha value is -3.49. The van der Waals surface area contributed by atoms with Crippen LogP contribution in [0.1, 0.15) is 37.5 Å². The van der Waals surface area contributed by atoms with Crippen LogP contribution in [0.2, 0.25) is 0 Å². The van der Waals surface area contributed by atoms with Crippen molar-refractivity contribution < 1.29 is 19.4 Å². The van der Waals surface area contributed by atoms with Gasteiger partial charge in [-0.05, 0) is 36.6 Å². The molecule has 0 spiro atoms. The van der Waals surface area contributed by atoms with E-state index < -0.39 is 5.97 Å². The number of ether oxygens (including phenoxy) is 1. The third-order valence-corrected chi connectivity index (χ3v) is 6.71. The highest BCUT2D eigenvalue weighted by Gasteiger charge is 2.21. The van der Waals surface area contributed by atoms with E-state index in [0.717, 1.165) is 22.9 Å². The number of hydrogen-bond acceptors (Lipinski definition) is 5. The van der Waals surface area contributed by atoms with Gasteiger partial charge in [-0.1, -0.05) is 35.9 Å². The van der Waals surface area contributed by atoms with Crippen molar-refractivity contribution in [2.75, 3.05) is 26.3 Å². The number of morpholine rings is 1. The van der Waals surface area contributed by atoms with Gasteiger partial charge >= 0.3 is 5.97 Å². The summed E-state index contributed by atoms with van der Waals surface area (Å²) in [5, 5.41) is 12.4.